The van der Waals surface area contributed by atoms with Gasteiger partial charge in [-0.2, -0.15) is 11.8 Å². The Kier molecular flexibility index (Phi) is 7.18. The number of carbonyl (C=O) groups is 1. The number of anilines is 1. The Labute approximate surface area is 164 Å². The Morgan fingerprint density at radius 1 is 1.37 bits per heavy atom. The number of hydrogen-bond donors (Lipinski definition) is 2. The molecule has 2 atom stereocenters. The summed E-state index contributed by atoms with van der Waals surface area (Å²) in [5, 5.41) is 3.80. The lowest BCUT2D eigenvalue weighted by molar-refractivity contribution is -0.121. The summed E-state index contributed by atoms with van der Waals surface area (Å²) in [4.78, 5) is 34.2. The number of aromatic nitrogens is 2. The van der Waals surface area contributed by atoms with Gasteiger partial charge in [0.25, 0.3) is 5.56 Å². The Balaban J connectivity index is 1.53. The van der Waals surface area contributed by atoms with Crippen molar-refractivity contribution in [3.63, 3.8) is 0 Å². The van der Waals surface area contributed by atoms with Crippen LogP contribution < -0.4 is 15.8 Å². The van der Waals surface area contributed by atoms with Gasteiger partial charge in [-0.3, -0.25) is 14.6 Å². The first-order chi connectivity index (χ1) is 13.1. The molecule has 2 fully saturated rings. The SMILES string of the molecule is CCS[C@H]1CC[C@H](NC(=O)CCc2c(C)nc(N3CCOCC3)[nH]c2=O)C1. The number of morpholine rings is 1. The number of ether oxygens (including phenoxy) is 1. The van der Waals surface area contributed by atoms with Gasteiger partial charge in [-0.15, -0.1) is 0 Å². The first-order valence-electron chi connectivity index (χ1n) is 9.90. The molecular formula is C19H30N4O3S. The summed E-state index contributed by atoms with van der Waals surface area (Å²) >= 11 is 1.98. The van der Waals surface area contributed by atoms with Crippen LogP contribution in [-0.4, -0.2) is 59.2 Å². The molecule has 1 aliphatic heterocycles. The number of rotatable bonds is 7. The molecule has 0 aromatic carbocycles. The van der Waals surface area contributed by atoms with Crippen LogP contribution in [0.2, 0.25) is 0 Å². The summed E-state index contributed by atoms with van der Waals surface area (Å²) in [5.41, 5.74) is 1.17. The topological polar surface area (TPSA) is 87.3 Å². The minimum absolute atomic E-state index is 0.0261. The molecule has 150 valence electrons. The maximum absolute atomic E-state index is 12.5. The maximum Gasteiger partial charge on any atom is 0.255 e. The molecule has 2 aliphatic rings. The van der Waals surface area contributed by atoms with E-state index in [0.29, 0.717) is 48.5 Å². The maximum atomic E-state index is 12.5. The third kappa shape index (κ3) is 5.48. The Bertz CT molecular complexity index is 703. The predicted molar refractivity (Wildman–Crippen MR) is 109 cm³/mol. The smallest absolute Gasteiger partial charge is 0.255 e. The van der Waals surface area contributed by atoms with Gasteiger partial charge in [0.1, 0.15) is 0 Å². The standard InChI is InChI=1S/C19H30N4O3S/c1-3-27-15-5-4-14(12-15)21-17(24)7-6-16-13(2)20-19(22-18(16)25)23-8-10-26-11-9-23/h14-15H,3-12H2,1-2H3,(H,21,24)(H,20,22,25)/t14-,15-/m0/s1. The van der Waals surface area contributed by atoms with Gasteiger partial charge in [0, 0.05) is 42.1 Å². The van der Waals surface area contributed by atoms with Gasteiger partial charge in [0.2, 0.25) is 11.9 Å². The van der Waals surface area contributed by atoms with Crippen LogP contribution in [0.15, 0.2) is 4.79 Å². The van der Waals surface area contributed by atoms with E-state index in [4.69, 9.17) is 4.74 Å². The van der Waals surface area contributed by atoms with E-state index >= 15 is 0 Å². The summed E-state index contributed by atoms with van der Waals surface area (Å²) in [6, 6.07) is 0.280. The Hall–Kier alpha value is -1.54. The molecule has 1 aromatic rings. The fraction of sp³-hybridized carbons (Fsp3) is 0.737. The summed E-state index contributed by atoms with van der Waals surface area (Å²) in [6.07, 6.45) is 4.03. The van der Waals surface area contributed by atoms with E-state index in [-0.39, 0.29) is 17.5 Å². The minimum atomic E-state index is -0.142. The number of aryl methyl sites for hydroxylation is 1. The van der Waals surface area contributed by atoms with Crippen molar-refractivity contribution in [3.05, 3.63) is 21.6 Å². The van der Waals surface area contributed by atoms with Crippen molar-refractivity contribution in [2.45, 2.75) is 57.2 Å². The number of nitrogens with zero attached hydrogens (tertiary/aromatic N) is 2. The highest BCUT2D eigenvalue weighted by Gasteiger charge is 2.25. The van der Waals surface area contributed by atoms with Gasteiger partial charge in [0.05, 0.1) is 13.2 Å². The van der Waals surface area contributed by atoms with Crippen molar-refractivity contribution in [1.29, 1.82) is 0 Å². The second-order valence-electron chi connectivity index (χ2n) is 7.21. The lowest BCUT2D eigenvalue weighted by Crippen LogP contribution is -2.39. The highest BCUT2D eigenvalue weighted by Crippen LogP contribution is 2.29. The lowest BCUT2D eigenvalue weighted by atomic mass is 10.1. The second kappa shape index (κ2) is 9.59. The highest BCUT2D eigenvalue weighted by molar-refractivity contribution is 7.99. The summed E-state index contributed by atoms with van der Waals surface area (Å²) in [5.74, 6) is 1.75. The number of nitrogens with one attached hydrogen (secondary N) is 2. The molecule has 0 radical (unpaired) electrons. The molecule has 0 spiro atoms. The molecule has 1 saturated heterocycles. The van der Waals surface area contributed by atoms with Crippen molar-refractivity contribution in [1.82, 2.24) is 15.3 Å². The van der Waals surface area contributed by atoms with E-state index in [2.05, 4.69) is 22.2 Å². The van der Waals surface area contributed by atoms with E-state index in [1.807, 2.05) is 23.6 Å². The normalized spacial score (nSPS) is 22.8. The highest BCUT2D eigenvalue weighted by atomic mass is 32.2. The van der Waals surface area contributed by atoms with Crippen LogP contribution in [0.5, 0.6) is 0 Å². The molecule has 1 aromatic heterocycles. The first-order valence-corrected chi connectivity index (χ1v) is 10.9. The molecule has 1 saturated carbocycles. The van der Waals surface area contributed by atoms with Crippen molar-refractivity contribution in [2.75, 3.05) is 37.0 Å². The average molecular weight is 395 g/mol. The molecule has 8 heteroatoms. The molecule has 1 amide bonds. The Morgan fingerprint density at radius 2 is 2.15 bits per heavy atom. The summed E-state index contributed by atoms with van der Waals surface area (Å²) < 4.78 is 5.34. The monoisotopic (exact) mass is 394 g/mol. The van der Waals surface area contributed by atoms with E-state index in [1.54, 1.807) is 0 Å². The summed E-state index contributed by atoms with van der Waals surface area (Å²) in [7, 11) is 0. The Morgan fingerprint density at radius 3 is 2.85 bits per heavy atom. The van der Waals surface area contributed by atoms with Gasteiger partial charge < -0.3 is 15.0 Å². The van der Waals surface area contributed by atoms with Crippen LogP contribution in [0.3, 0.4) is 0 Å². The number of aromatic amines is 1. The largest absolute Gasteiger partial charge is 0.378 e. The van der Waals surface area contributed by atoms with Crippen molar-refractivity contribution < 1.29 is 9.53 Å². The van der Waals surface area contributed by atoms with E-state index in [0.717, 1.165) is 31.7 Å². The zero-order valence-electron chi connectivity index (χ0n) is 16.3. The van der Waals surface area contributed by atoms with E-state index < -0.39 is 0 Å². The fourth-order valence-corrected chi connectivity index (χ4v) is 4.95. The fourth-order valence-electron chi connectivity index (χ4n) is 3.81. The van der Waals surface area contributed by atoms with Gasteiger partial charge in [-0.25, -0.2) is 4.98 Å². The predicted octanol–water partition coefficient (Wildman–Crippen LogP) is 1.64. The van der Waals surface area contributed by atoms with Crippen LogP contribution in [-0.2, 0) is 16.0 Å². The van der Waals surface area contributed by atoms with Crippen LogP contribution in [0, 0.1) is 6.92 Å². The zero-order valence-corrected chi connectivity index (χ0v) is 17.1. The van der Waals surface area contributed by atoms with Gasteiger partial charge in [-0.1, -0.05) is 6.92 Å². The molecule has 2 heterocycles. The number of hydrogen-bond acceptors (Lipinski definition) is 6. The lowest BCUT2D eigenvalue weighted by Gasteiger charge is -2.27. The third-order valence-corrected chi connectivity index (χ3v) is 6.51. The number of carbonyl (C=O) groups excluding carboxylic acids is 1. The van der Waals surface area contributed by atoms with Gasteiger partial charge >= 0.3 is 0 Å². The quantitative estimate of drug-likeness (QED) is 0.731. The molecule has 27 heavy (non-hydrogen) atoms. The van der Waals surface area contributed by atoms with Crippen molar-refractivity contribution >= 4 is 23.6 Å². The van der Waals surface area contributed by atoms with E-state index in [9.17, 15) is 9.59 Å². The average Bonchev–Trinajstić information content (AvgIpc) is 3.09. The van der Waals surface area contributed by atoms with Crippen LogP contribution in [0.4, 0.5) is 5.95 Å². The van der Waals surface area contributed by atoms with Crippen LogP contribution in [0.1, 0.15) is 43.9 Å². The number of amides is 1. The molecular weight excluding hydrogens is 364 g/mol. The van der Waals surface area contributed by atoms with Gasteiger partial charge in [0.15, 0.2) is 0 Å². The molecule has 3 rings (SSSR count). The first kappa shape index (κ1) is 20.2. The third-order valence-electron chi connectivity index (χ3n) is 5.27. The zero-order chi connectivity index (χ0) is 19.2. The number of thioether (sulfide) groups is 1. The van der Waals surface area contributed by atoms with Crippen molar-refractivity contribution in [3.8, 4) is 0 Å². The van der Waals surface area contributed by atoms with Gasteiger partial charge in [-0.05, 0) is 38.4 Å². The van der Waals surface area contributed by atoms with E-state index in [1.165, 1.54) is 6.42 Å². The van der Waals surface area contributed by atoms with Crippen LogP contribution in [0.25, 0.3) is 0 Å². The van der Waals surface area contributed by atoms with Crippen molar-refractivity contribution in [2.24, 2.45) is 0 Å². The minimum Gasteiger partial charge on any atom is -0.378 e. The number of H-pyrrole nitrogens is 1. The van der Waals surface area contributed by atoms with Crippen LogP contribution >= 0.6 is 11.8 Å². The summed E-state index contributed by atoms with van der Waals surface area (Å²) in [6.45, 7) is 6.75. The molecule has 2 N–H and O–H groups in total. The molecule has 0 bridgehead atoms. The second-order valence-corrected chi connectivity index (χ2v) is 8.79. The molecule has 0 unspecified atom stereocenters. The molecule has 1 aliphatic carbocycles. The molecule has 7 nitrogen and oxygen atoms in total.